The monoisotopic (exact) mass is 215 g/mol. The van der Waals surface area contributed by atoms with Crippen molar-refractivity contribution in [2.24, 2.45) is 0 Å². The van der Waals surface area contributed by atoms with E-state index in [1.807, 2.05) is 0 Å². The van der Waals surface area contributed by atoms with Crippen molar-refractivity contribution >= 4 is 0 Å². The van der Waals surface area contributed by atoms with Gasteiger partial charge in [0.25, 0.3) is 0 Å². The van der Waals surface area contributed by atoms with Crippen LogP contribution in [0.5, 0.6) is 0 Å². The van der Waals surface area contributed by atoms with Gasteiger partial charge in [0, 0.05) is 12.1 Å². The molecule has 1 nitrogen and oxygen atoms in total. The molecule has 0 radical (unpaired) electrons. The fraction of sp³-hybridized carbons (Fsp3) is 0.467. The molecule has 0 bridgehead atoms. The molecule has 16 heavy (non-hydrogen) atoms. The molecule has 0 saturated heterocycles. The smallest absolute Gasteiger partial charge is 0.0297 e. The summed E-state index contributed by atoms with van der Waals surface area (Å²) in [5.41, 5.74) is 4.17. The lowest BCUT2D eigenvalue weighted by atomic mass is 9.99. The Balaban J connectivity index is 2.07. The lowest BCUT2D eigenvalue weighted by molar-refractivity contribution is 0.470. The summed E-state index contributed by atoms with van der Waals surface area (Å²) < 4.78 is 0. The zero-order valence-electron chi connectivity index (χ0n) is 10.5. The van der Waals surface area contributed by atoms with E-state index in [4.69, 9.17) is 0 Å². The summed E-state index contributed by atoms with van der Waals surface area (Å²) in [6, 6.07) is 7.79. The average molecular weight is 215 g/mol. The van der Waals surface area contributed by atoms with Gasteiger partial charge in [-0.25, -0.2) is 0 Å². The first-order valence-electron chi connectivity index (χ1n) is 6.15. The van der Waals surface area contributed by atoms with Crippen molar-refractivity contribution in [2.75, 3.05) is 0 Å². The summed E-state index contributed by atoms with van der Waals surface area (Å²) in [5, 5.41) is 3.70. The maximum atomic E-state index is 3.70. The van der Waals surface area contributed by atoms with E-state index < -0.39 is 0 Å². The minimum absolute atomic E-state index is 0.449. The molecule has 0 fully saturated rings. The van der Waals surface area contributed by atoms with E-state index in [1.54, 1.807) is 0 Å². The Kier molecular flexibility index (Phi) is 3.45. The van der Waals surface area contributed by atoms with Crippen LogP contribution >= 0.6 is 0 Å². The Bertz CT molecular complexity index is 384. The molecule has 0 saturated carbocycles. The summed E-state index contributed by atoms with van der Waals surface area (Å²) in [5.74, 6) is 0. The van der Waals surface area contributed by atoms with E-state index in [-0.39, 0.29) is 0 Å². The molecule has 1 aliphatic rings. The van der Waals surface area contributed by atoms with Crippen LogP contribution in [0.4, 0.5) is 0 Å². The van der Waals surface area contributed by atoms with Gasteiger partial charge in [-0.3, -0.25) is 0 Å². The summed E-state index contributed by atoms with van der Waals surface area (Å²) in [7, 11) is 0. The van der Waals surface area contributed by atoms with Gasteiger partial charge in [-0.2, -0.15) is 0 Å². The molecule has 0 aromatic heterocycles. The summed E-state index contributed by atoms with van der Waals surface area (Å²) in [6.07, 6.45) is 6.89. The van der Waals surface area contributed by atoms with Crippen molar-refractivity contribution in [1.29, 1.82) is 0 Å². The Hall–Kier alpha value is -1.08. The van der Waals surface area contributed by atoms with Gasteiger partial charge in [-0.1, -0.05) is 35.9 Å². The third-order valence-electron chi connectivity index (χ3n) is 3.39. The topological polar surface area (TPSA) is 12.0 Å². The summed E-state index contributed by atoms with van der Waals surface area (Å²) in [4.78, 5) is 0. The van der Waals surface area contributed by atoms with Crippen molar-refractivity contribution in [3.63, 3.8) is 0 Å². The molecule has 86 valence electrons. The second kappa shape index (κ2) is 4.84. The summed E-state index contributed by atoms with van der Waals surface area (Å²) in [6.45, 7) is 6.62. The normalized spacial score (nSPS) is 17.9. The molecule has 0 heterocycles. The lowest BCUT2D eigenvalue weighted by Gasteiger charge is -2.21. The maximum absolute atomic E-state index is 3.70. The van der Waals surface area contributed by atoms with E-state index in [1.165, 1.54) is 29.5 Å². The standard InChI is InChI=1S/C15H21N/c1-11-8-9-12(2)15(10-11)13(3)16-14-6-4-5-7-14/h4-5,8-10,13-14,16H,6-7H2,1-3H3. The first-order chi connectivity index (χ1) is 7.66. The quantitative estimate of drug-likeness (QED) is 0.759. The molecular weight excluding hydrogens is 194 g/mol. The zero-order chi connectivity index (χ0) is 11.5. The number of hydrogen-bond acceptors (Lipinski definition) is 1. The minimum Gasteiger partial charge on any atom is -0.307 e. The molecule has 1 aromatic carbocycles. The van der Waals surface area contributed by atoms with Crippen molar-refractivity contribution in [3.8, 4) is 0 Å². The maximum Gasteiger partial charge on any atom is 0.0297 e. The molecule has 2 rings (SSSR count). The number of rotatable bonds is 3. The van der Waals surface area contributed by atoms with Gasteiger partial charge in [-0.05, 0) is 44.7 Å². The van der Waals surface area contributed by atoms with Gasteiger partial charge in [0.05, 0.1) is 0 Å². The van der Waals surface area contributed by atoms with E-state index in [9.17, 15) is 0 Å². The first-order valence-corrected chi connectivity index (χ1v) is 6.15. The molecule has 1 heteroatoms. The van der Waals surface area contributed by atoms with Crippen LogP contribution in [0.3, 0.4) is 0 Å². The van der Waals surface area contributed by atoms with Gasteiger partial charge in [-0.15, -0.1) is 0 Å². The highest BCUT2D eigenvalue weighted by atomic mass is 14.9. The Morgan fingerprint density at radius 2 is 1.88 bits per heavy atom. The third kappa shape index (κ3) is 2.53. The third-order valence-corrected chi connectivity index (χ3v) is 3.39. The SMILES string of the molecule is Cc1ccc(C)c(C(C)NC2CC=CC2)c1. The van der Waals surface area contributed by atoms with E-state index in [2.05, 4.69) is 56.4 Å². The Labute approximate surface area is 98.6 Å². The van der Waals surface area contributed by atoms with Gasteiger partial charge in [0.15, 0.2) is 0 Å². The van der Waals surface area contributed by atoms with Crippen molar-refractivity contribution < 1.29 is 0 Å². The van der Waals surface area contributed by atoms with Crippen LogP contribution in [-0.4, -0.2) is 6.04 Å². The van der Waals surface area contributed by atoms with Gasteiger partial charge in [0.1, 0.15) is 0 Å². The van der Waals surface area contributed by atoms with Crippen LogP contribution in [0.1, 0.15) is 42.5 Å². The van der Waals surface area contributed by atoms with Crippen molar-refractivity contribution in [2.45, 2.75) is 45.7 Å². The number of aryl methyl sites for hydroxylation is 2. The Morgan fingerprint density at radius 1 is 1.19 bits per heavy atom. The molecule has 1 N–H and O–H groups in total. The van der Waals surface area contributed by atoms with Crippen LogP contribution in [0.15, 0.2) is 30.4 Å². The highest BCUT2D eigenvalue weighted by Gasteiger charge is 2.15. The molecular formula is C15H21N. The first kappa shape index (κ1) is 11.4. The molecule has 0 amide bonds. The minimum atomic E-state index is 0.449. The van der Waals surface area contributed by atoms with E-state index in [0.29, 0.717) is 12.1 Å². The van der Waals surface area contributed by atoms with Gasteiger partial charge < -0.3 is 5.32 Å². The highest BCUT2D eigenvalue weighted by Crippen LogP contribution is 2.21. The fourth-order valence-electron chi connectivity index (χ4n) is 2.42. The second-order valence-electron chi connectivity index (χ2n) is 4.89. The molecule has 1 aromatic rings. The van der Waals surface area contributed by atoms with E-state index in [0.717, 1.165) is 0 Å². The van der Waals surface area contributed by atoms with Gasteiger partial charge in [0.2, 0.25) is 0 Å². The van der Waals surface area contributed by atoms with Crippen molar-refractivity contribution in [1.82, 2.24) is 5.32 Å². The van der Waals surface area contributed by atoms with Crippen LogP contribution in [0, 0.1) is 13.8 Å². The lowest BCUT2D eigenvalue weighted by Crippen LogP contribution is -2.29. The number of benzene rings is 1. The van der Waals surface area contributed by atoms with Crippen LogP contribution in [0.2, 0.25) is 0 Å². The van der Waals surface area contributed by atoms with Crippen LogP contribution in [-0.2, 0) is 0 Å². The van der Waals surface area contributed by atoms with Crippen molar-refractivity contribution in [3.05, 3.63) is 47.0 Å². The predicted octanol–water partition coefficient (Wildman–Crippen LogP) is 3.67. The summed E-state index contributed by atoms with van der Waals surface area (Å²) >= 11 is 0. The van der Waals surface area contributed by atoms with Crippen LogP contribution in [0.25, 0.3) is 0 Å². The molecule has 1 aliphatic carbocycles. The highest BCUT2D eigenvalue weighted by molar-refractivity contribution is 5.32. The van der Waals surface area contributed by atoms with Crippen LogP contribution < -0.4 is 5.32 Å². The average Bonchev–Trinajstić information content (AvgIpc) is 2.74. The molecule has 0 aliphatic heterocycles. The van der Waals surface area contributed by atoms with Gasteiger partial charge >= 0.3 is 0 Å². The molecule has 0 spiro atoms. The zero-order valence-corrected chi connectivity index (χ0v) is 10.5. The van der Waals surface area contributed by atoms with E-state index >= 15 is 0 Å². The predicted molar refractivity (Wildman–Crippen MR) is 69.6 cm³/mol. The fourth-order valence-corrected chi connectivity index (χ4v) is 2.42. The second-order valence-corrected chi connectivity index (χ2v) is 4.89. The Morgan fingerprint density at radius 3 is 2.56 bits per heavy atom. The number of hydrogen-bond donors (Lipinski definition) is 1. The largest absolute Gasteiger partial charge is 0.307 e. The molecule has 1 atom stereocenters. The molecule has 1 unspecified atom stereocenters. The number of nitrogens with one attached hydrogen (secondary N) is 1.